The first kappa shape index (κ1) is 21.0. The van der Waals surface area contributed by atoms with E-state index in [1.165, 1.54) is 4.90 Å². The van der Waals surface area contributed by atoms with Gasteiger partial charge in [-0.3, -0.25) is 19.7 Å². The van der Waals surface area contributed by atoms with Gasteiger partial charge in [0.15, 0.2) is 0 Å². The molecule has 2 aliphatic rings. The van der Waals surface area contributed by atoms with Crippen molar-refractivity contribution in [1.29, 1.82) is 0 Å². The first-order valence-electron chi connectivity index (χ1n) is 9.22. The third kappa shape index (κ3) is 5.21. The molecule has 0 bridgehead atoms. The van der Waals surface area contributed by atoms with Crippen molar-refractivity contribution in [3.05, 3.63) is 29.3 Å². The van der Waals surface area contributed by atoms with Crippen molar-refractivity contribution in [1.82, 2.24) is 10.2 Å². The number of carbonyl (C=O) groups is 3. The van der Waals surface area contributed by atoms with Crippen molar-refractivity contribution in [3.8, 4) is 5.75 Å². The van der Waals surface area contributed by atoms with Gasteiger partial charge in [0.25, 0.3) is 5.91 Å². The number of carbonyl (C=O) groups excluding carboxylic acids is 3. The zero-order chi connectivity index (χ0) is 19.9. The number of hydrogen-bond acceptors (Lipinski definition) is 6. The number of benzene rings is 1. The van der Waals surface area contributed by atoms with E-state index in [4.69, 9.17) is 14.2 Å². The summed E-state index contributed by atoms with van der Waals surface area (Å²) in [4.78, 5) is 37.5. The fourth-order valence-corrected chi connectivity index (χ4v) is 3.55. The van der Waals surface area contributed by atoms with Crippen LogP contribution in [0.2, 0.25) is 0 Å². The Bertz CT molecular complexity index is 741. The summed E-state index contributed by atoms with van der Waals surface area (Å²) in [7, 11) is 0. The molecule has 1 unspecified atom stereocenters. The van der Waals surface area contributed by atoms with Gasteiger partial charge in [-0.15, -0.1) is 0 Å². The molecular weight excluding hydrogens is 479 g/mol. The van der Waals surface area contributed by atoms with Gasteiger partial charge < -0.3 is 19.1 Å². The fourth-order valence-electron chi connectivity index (χ4n) is 3.24. The summed E-state index contributed by atoms with van der Waals surface area (Å²) in [6.45, 7) is 3.01. The lowest BCUT2D eigenvalue weighted by atomic mass is 10.0. The van der Waals surface area contributed by atoms with Crippen molar-refractivity contribution < 1.29 is 28.6 Å². The maximum absolute atomic E-state index is 12.6. The molecule has 28 heavy (non-hydrogen) atoms. The minimum Gasteiger partial charge on any atom is -0.491 e. The molecule has 3 amide bonds. The van der Waals surface area contributed by atoms with E-state index in [-0.39, 0.29) is 18.2 Å². The largest absolute Gasteiger partial charge is 0.491 e. The Labute approximate surface area is 177 Å². The molecule has 0 aromatic heterocycles. The van der Waals surface area contributed by atoms with E-state index in [9.17, 15) is 14.4 Å². The van der Waals surface area contributed by atoms with Crippen LogP contribution in [-0.2, 0) is 25.6 Å². The van der Waals surface area contributed by atoms with Crippen LogP contribution in [0.1, 0.15) is 28.8 Å². The second kappa shape index (κ2) is 10.2. The van der Waals surface area contributed by atoms with Crippen LogP contribution in [0.3, 0.4) is 0 Å². The first-order chi connectivity index (χ1) is 13.6. The molecule has 0 aliphatic carbocycles. The van der Waals surface area contributed by atoms with Gasteiger partial charge >= 0.3 is 0 Å². The summed E-state index contributed by atoms with van der Waals surface area (Å²) in [5.41, 5.74) is 1.39. The van der Waals surface area contributed by atoms with Gasteiger partial charge in [-0.25, -0.2) is 0 Å². The van der Waals surface area contributed by atoms with Gasteiger partial charge in [0.2, 0.25) is 11.8 Å². The monoisotopic (exact) mass is 502 g/mol. The molecule has 1 aromatic rings. The van der Waals surface area contributed by atoms with Crippen LogP contribution in [-0.4, -0.2) is 66.1 Å². The van der Waals surface area contributed by atoms with Crippen LogP contribution in [0, 0.1) is 0 Å². The van der Waals surface area contributed by atoms with Gasteiger partial charge in [0.1, 0.15) is 18.4 Å². The maximum Gasteiger partial charge on any atom is 0.255 e. The number of hydrogen-bond donors (Lipinski definition) is 1. The number of alkyl halides is 1. The smallest absolute Gasteiger partial charge is 0.255 e. The molecular formula is C19H23IN2O6. The van der Waals surface area contributed by atoms with E-state index in [1.54, 1.807) is 12.1 Å². The molecule has 8 nitrogen and oxygen atoms in total. The van der Waals surface area contributed by atoms with Gasteiger partial charge in [-0.1, -0.05) is 22.6 Å². The van der Waals surface area contributed by atoms with E-state index in [0.29, 0.717) is 50.7 Å². The molecule has 0 radical (unpaired) electrons. The molecule has 1 saturated heterocycles. The zero-order valence-electron chi connectivity index (χ0n) is 15.4. The van der Waals surface area contributed by atoms with Crippen LogP contribution in [0.25, 0.3) is 0 Å². The summed E-state index contributed by atoms with van der Waals surface area (Å²) in [6.07, 6.45) is 0.598. The molecule has 3 rings (SSSR count). The van der Waals surface area contributed by atoms with Gasteiger partial charge in [0.05, 0.1) is 26.4 Å². The minimum absolute atomic E-state index is 0.189. The number of halogens is 1. The van der Waals surface area contributed by atoms with Crippen molar-refractivity contribution in [3.63, 3.8) is 0 Å². The number of fused-ring (bicyclic) bond motifs is 1. The van der Waals surface area contributed by atoms with Crippen molar-refractivity contribution in [2.24, 2.45) is 0 Å². The highest BCUT2D eigenvalue weighted by atomic mass is 127. The Morgan fingerprint density at radius 2 is 1.82 bits per heavy atom. The normalized spacial score (nSPS) is 19.0. The van der Waals surface area contributed by atoms with E-state index in [1.807, 2.05) is 6.07 Å². The number of piperidine rings is 1. The van der Waals surface area contributed by atoms with Crippen LogP contribution in [0.15, 0.2) is 18.2 Å². The number of nitrogens with zero attached hydrogens (tertiary/aromatic N) is 1. The summed E-state index contributed by atoms with van der Waals surface area (Å²) >= 11 is 2.25. The molecule has 1 aromatic carbocycles. The predicted octanol–water partition coefficient (Wildman–Crippen LogP) is 1.29. The van der Waals surface area contributed by atoms with Crippen LogP contribution in [0.5, 0.6) is 5.75 Å². The molecule has 1 N–H and O–H groups in total. The topological polar surface area (TPSA) is 94.2 Å². The van der Waals surface area contributed by atoms with Crippen LogP contribution >= 0.6 is 22.6 Å². The summed E-state index contributed by atoms with van der Waals surface area (Å²) in [6, 6.07) is 4.68. The van der Waals surface area contributed by atoms with Gasteiger partial charge in [0, 0.05) is 23.0 Å². The molecule has 9 heteroatoms. The lowest BCUT2D eigenvalue weighted by Gasteiger charge is -2.29. The summed E-state index contributed by atoms with van der Waals surface area (Å²) < 4.78 is 17.4. The molecule has 0 saturated carbocycles. The lowest BCUT2D eigenvalue weighted by molar-refractivity contribution is -0.136. The molecule has 152 valence electrons. The number of rotatable bonds is 10. The van der Waals surface area contributed by atoms with Crippen LogP contribution < -0.4 is 10.1 Å². The molecule has 1 atom stereocenters. The Morgan fingerprint density at radius 1 is 1.07 bits per heavy atom. The quantitative estimate of drug-likeness (QED) is 0.225. The summed E-state index contributed by atoms with van der Waals surface area (Å²) in [5.74, 6) is -0.235. The Morgan fingerprint density at radius 3 is 2.57 bits per heavy atom. The Kier molecular flexibility index (Phi) is 7.63. The highest BCUT2D eigenvalue weighted by Crippen LogP contribution is 2.30. The van der Waals surface area contributed by atoms with Crippen LogP contribution in [0.4, 0.5) is 0 Å². The standard InChI is InChI=1S/C19H23IN2O6/c20-5-6-26-7-8-27-9-10-28-14-1-2-15-13(11-14)12-22(19(15)25)16-3-4-17(23)21-18(16)24/h1-2,11,16H,3-10,12H2,(H,21,23,24). The second-order valence-corrected chi connectivity index (χ2v) is 7.56. The average Bonchev–Trinajstić information content (AvgIpc) is 3.00. The highest BCUT2D eigenvalue weighted by Gasteiger charge is 2.39. The van der Waals surface area contributed by atoms with E-state index in [2.05, 4.69) is 27.9 Å². The maximum atomic E-state index is 12.6. The van der Waals surface area contributed by atoms with Crippen molar-refractivity contribution in [2.75, 3.05) is 37.5 Å². The first-order valence-corrected chi connectivity index (χ1v) is 10.7. The second-order valence-electron chi connectivity index (χ2n) is 6.48. The number of amides is 3. The zero-order valence-corrected chi connectivity index (χ0v) is 17.6. The molecule has 1 fully saturated rings. The number of nitrogens with one attached hydrogen (secondary N) is 1. The van der Waals surface area contributed by atoms with Gasteiger partial charge in [-0.2, -0.15) is 0 Å². The number of imide groups is 1. The average molecular weight is 502 g/mol. The van der Waals surface area contributed by atoms with Crippen molar-refractivity contribution in [2.45, 2.75) is 25.4 Å². The minimum atomic E-state index is -0.607. The third-order valence-electron chi connectivity index (χ3n) is 4.58. The molecule has 2 heterocycles. The fraction of sp³-hybridized carbons (Fsp3) is 0.526. The Balaban J connectivity index is 1.48. The summed E-state index contributed by atoms with van der Waals surface area (Å²) in [5, 5.41) is 2.30. The van der Waals surface area contributed by atoms with Crippen molar-refractivity contribution >= 4 is 40.3 Å². The SMILES string of the molecule is O=C1CCC(N2Cc3cc(OCCOCCOCCI)ccc3C2=O)C(=O)N1. The predicted molar refractivity (Wildman–Crippen MR) is 109 cm³/mol. The molecule has 2 aliphatic heterocycles. The number of ether oxygens (including phenoxy) is 3. The highest BCUT2D eigenvalue weighted by molar-refractivity contribution is 14.1. The Hall–Kier alpha value is -1.72. The van der Waals surface area contributed by atoms with E-state index >= 15 is 0 Å². The lowest BCUT2D eigenvalue weighted by Crippen LogP contribution is -2.52. The van der Waals surface area contributed by atoms with E-state index < -0.39 is 11.9 Å². The van der Waals surface area contributed by atoms with Gasteiger partial charge in [-0.05, 0) is 30.2 Å². The third-order valence-corrected chi connectivity index (χ3v) is 5.03. The molecule has 0 spiro atoms. The van der Waals surface area contributed by atoms with E-state index in [0.717, 1.165) is 16.6 Å².